The summed E-state index contributed by atoms with van der Waals surface area (Å²) in [5.41, 5.74) is 1.27. The number of hydrazone groups is 1. The zero-order valence-electron chi connectivity index (χ0n) is 13.8. The van der Waals surface area contributed by atoms with Crippen molar-refractivity contribution in [3.8, 4) is 0 Å². The number of hydrogen-bond donors (Lipinski definition) is 1. The highest BCUT2D eigenvalue weighted by molar-refractivity contribution is 7.89. The van der Waals surface area contributed by atoms with E-state index in [4.69, 9.17) is 9.05 Å². The average molecular weight is 362 g/mol. The highest BCUT2D eigenvalue weighted by atomic mass is 32.2. The van der Waals surface area contributed by atoms with Crippen LogP contribution in [0.15, 0.2) is 34.3 Å². The van der Waals surface area contributed by atoms with Gasteiger partial charge in [-0.15, -0.1) is 0 Å². The first-order valence-electron chi connectivity index (χ1n) is 7.22. The molecular weight excluding hydrogens is 339 g/mol. The van der Waals surface area contributed by atoms with Crippen LogP contribution in [-0.2, 0) is 23.6 Å². The molecule has 9 heteroatoms. The van der Waals surface area contributed by atoms with Gasteiger partial charge in [0.15, 0.2) is 0 Å². The van der Waals surface area contributed by atoms with Gasteiger partial charge in [-0.05, 0) is 39.8 Å². The molecule has 0 amide bonds. The zero-order chi connectivity index (χ0) is 17.5. The Morgan fingerprint density at radius 3 is 2.17 bits per heavy atom. The lowest BCUT2D eigenvalue weighted by Crippen LogP contribution is -2.21. The third-order valence-corrected chi connectivity index (χ3v) is 6.13. The van der Waals surface area contributed by atoms with Crippen LogP contribution in [0.3, 0.4) is 0 Å². The highest BCUT2D eigenvalue weighted by Crippen LogP contribution is 2.47. The van der Waals surface area contributed by atoms with Crippen LogP contribution in [-0.4, -0.2) is 33.5 Å². The van der Waals surface area contributed by atoms with Crippen molar-refractivity contribution in [2.24, 2.45) is 5.10 Å². The topological polar surface area (TPSA) is 94.1 Å². The first-order chi connectivity index (χ1) is 10.7. The Balaban J connectivity index is 2.82. The second kappa shape index (κ2) is 8.59. The van der Waals surface area contributed by atoms with Gasteiger partial charge in [-0.1, -0.05) is 17.7 Å². The number of nitrogens with zero attached hydrogens (tertiary/aromatic N) is 1. The molecule has 0 atom stereocenters. The molecule has 0 radical (unpaired) electrons. The maximum Gasteiger partial charge on any atom is 0.336 e. The molecular formula is C14H23N2O5PS. The van der Waals surface area contributed by atoms with Gasteiger partial charge in [0.05, 0.1) is 24.3 Å². The van der Waals surface area contributed by atoms with E-state index >= 15 is 0 Å². The highest BCUT2D eigenvalue weighted by Gasteiger charge is 2.25. The summed E-state index contributed by atoms with van der Waals surface area (Å²) in [6.07, 6.45) is -0.0783. The molecule has 0 saturated carbocycles. The summed E-state index contributed by atoms with van der Waals surface area (Å²) in [5, 5.41) is 3.79. The molecule has 0 unspecified atom stereocenters. The quantitative estimate of drug-likeness (QED) is 0.414. The minimum atomic E-state index is -3.76. The van der Waals surface area contributed by atoms with E-state index in [1.54, 1.807) is 32.9 Å². The van der Waals surface area contributed by atoms with E-state index in [-0.39, 0.29) is 24.3 Å². The maximum atomic E-state index is 12.4. The zero-order valence-corrected chi connectivity index (χ0v) is 15.5. The number of sulfonamides is 1. The molecule has 0 aromatic heterocycles. The summed E-state index contributed by atoms with van der Waals surface area (Å²) < 4.78 is 46.9. The summed E-state index contributed by atoms with van der Waals surface area (Å²) in [6.45, 7) is 7.31. The smallest absolute Gasteiger partial charge is 0.309 e. The van der Waals surface area contributed by atoms with Crippen LogP contribution in [0.25, 0.3) is 0 Å². The third kappa shape index (κ3) is 6.43. The molecule has 1 aromatic rings. The van der Waals surface area contributed by atoms with Gasteiger partial charge < -0.3 is 9.05 Å². The second-order valence-electron chi connectivity index (χ2n) is 4.86. The summed E-state index contributed by atoms with van der Waals surface area (Å²) in [5.74, 6) is 0. The third-order valence-electron chi connectivity index (χ3n) is 2.76. The van der Waals surface area contributed by atoms with Crippen molar-refractivity contribution in [1.82, 2.24) is 4.83 Å². The predicted octanol–water partition coefficient (Wildman–Crippen LogP) is 2.92. The molecule has 0 aliphatic carbocycles. The number of rotatable bonds is 9. The van der Waals surface area contributed by atoms with Crippen LogP contribution in [0.4, 0.5) is 0 Å². The van der Waals surface area contributed by atoms with Gasteiger partial charge >= 0.3 is 7.60 Å². The van der Waals surface area contributed by atoms with Crippen LogP contribution >= 0.6 is 7.60 Å². The molecule has 0 bridgehead atoms. The Bertz CT molecular complexity index is 676. The van der Waals surface area contributed by atoms with Crippen LogP contribution in [0.2, 0.25) is 0 Å². The molecule has 0 aliphatic rings. The standard InChI is InChI=1S/C14H23N2O5PS/c1-5-20-22(17,21-6-2)11-13(4)15-16-23(18,19)14-9-7-12(3)8-10-14/h7-10,16H,5-6,11H2,1-4H3/b15-13-. The Morgan fingerprint density at radius 1 is 1.17 bits per heavy atom. The van der Waals surface area contributed by atoms with Crippen molar-refractivity contribution < 1.29 is 22.0 Å². The minimum absolute atomic E-state index is 0.0783. The molecule has 0 saturated heterocycles. The van der Waals surface area contributed by atoms with Gasteiger partial charge in [0.1, 0.15) is 0 Å². The van der Waals surface area contributed by atoms with Crippen molar-refractivity contribution in [2.75, 3.05) is 19.4 Å². The molecule has 130 valence electrons. The molecule has 0 heterocycles. The molecule has 0 spiro atoms. The fourth-order valence-electron chi connectivity index (χ4n) is 1.75. The Labute approximate surface area is 137 Å². The van der Waals surface area contributed by atoms with Crippen molar-refractivity contribution in [3.05, 3.63) is 29.8 Å². The summed E-state index contributed by atoms with van der Waals surface area (Å²) in [6, 6.07) is 6.38. The van der Waals surface area contributed by atoms with Gasteiger partial charge in [0.25, 0.3) is 10.0 Å². The first-order valence-corrected chi connectivity index (χ1v) is 10.4. The van der Waals surface area contributed by atoms with Gasteiger partial charge in [-0.2, -0.15) is 13.5 Å². The summed E-state index contributed by atoms with van der Waals surface area (Å²) >= 11 is 0. The van der Waals surface area contributed by atoms with Crippen molar-refractivity contribution in [3.63, 3.8) is 0 Å². The van der Waals surface area contributed by atoms with E-state index in [9.17, 15) is 13.0 Å². The average Bonchev–Trinajstić information content (AvgIpc) is 2.46. The van der Waals surface area contributed by atoms with Crippen molar-refractivity contribution >= 4 is 23.3 Å². The second-order valence-corrected chi connectivity index (χ2v) is 8.57. The molecule has 1 aromatic carbocycles. The van der Waals surface area contributed by atoms with E-state index in [0.717, 1.165) is 5.56 Å². The van der Waals surface area contributed by atoms with Crippen molar-refractivity contribution in [1.29, 1.82) is 0 Å². The Hall–Kier alpha value is -1.21. The number of aryl methyl sites for hydroxylation is 1. The van der Waals surface area contributed by atoms with Crippen LogP contribution in [0, 0.1) is 6.92 Å². The van der Waals surface area contributed by atoms with E-state index in [1.165, 1.54) is 12.1 Å². The van der Waals surface area contributed by atoms with E-state index < -0.39 is 17.6 Å². The fourth-order valence-corrected chi connectivity index (χ4v) is 4.30. The lowest BCUT2D eigenvalue weighted by molar-refractivity contribution is 0.223. The minimum Gasteiger partial charge on any atom is -0.309 e. The maximum absolute atomic E-state index is 12.4. The molecule has 0 aliphatic heterocycles. The molecule has 1 rings (SSSR count). The van der Waals surface area contributed by atoms with Gasteiger partial charge in [0.2, 0.25) is 0 Å². The molecule has 0 fully saturated rings. The molecule has 7 nitrogen and oxygen atoms in total. The van der Waals surface area contributed by atoms with E-state index in [0.29, 0.717) is 5.71 Å². The van der Waals surface area contributed by atoms with Crippen LogP contribution in [0.5, 0.6) is 0 Å². The van der Waals surface area contributed by atoms with Gasteiger partial charge in [-0.25, -0.2) is 4.83 Å². The Kier molecular flexibility index (Phi) is 7.41. The SMILES string of the molecule is CCOP(=O)(C/C(C)=N\NS(=O)(=O)c1ccc(C)cc1)OCC. The van der Waals surface area contributed by atoms with Crippen molar-refractivity contribution in [2.45, 2.75) is 32.6 Å². The van der Waals surface area contributed by atoms with Crippen LogP contribution in [0.1, 0.15) is 26.3 Å². The van der Waals surface area contributed by atoms with E-state index in [1.807, 2.05) is 6.92 Å². The largest absolute Gasteiger partial charge is 0.336 e. The van der Waals surface area contributed by atoms with E-state index in [2.05, 4.69) is 9.93 Å². The summed E-state index contributed by atoms with van der Waals surface area (Å²) in [7, 11) is -7.06. The van der Waals surface area contributed by atoms with Crippen LogP contribution < -0.4 is 4.83 Å². The first kappa shape index (κ1) is 19.8. The normalized spacial score (nSPS) is 13.1. The number of nitrogens with one attached hydrogen (secondary N) is 1. The predicted molar refractivity (Wildman–Crippen MR) is 90.3 cm³/mol. The number of hydrogen-bond acceptors (Lipinski definition) is 6. The Morgan fingerprint density at radius 2 is 1.70 bits per heavy atom. The monoisotopic (exact) mass is 362 g/mol. The van der Waals surface area contributed by atoms with Gasteiger partial charge in [0, 0.05) is 5.71 Å². The lowest BCUT2D eigenvalue weighted by Gasteiger charge is -2.16. The lowest BCUT2D eigenvalue weighted by atomic mass is 10.2. The van der Waals surface area contributed by atoms with Gasteiger partial charge in [-0.3, -0.25) is 4.57 Å². The number of benzene rings is 1. The fraction of sp³-hybridized carbons (Fsp3) is 0.500. The summed E-state index contributed by atoms with van der Waals surface area (Å²) in [4.78, 5) is 2.24. The molecule has 23 heavy (non-hydrogen) atoms. The molecule has 1 N–H and O–H groups in total.